The molecule has 5 heteroatoms. The predicted molar refractivity (Wildman–Crippen MR) is 68.9 cm³/mol. The van der Waals surface area contributed by atoms with E-state index in [2.05, 4.69) is 5.32 Å². The highest BCUT2D eigenvalue weighted by Crippen LogP contribution is 2.17. The molecule has 1 aliphatic rings. The zero-order valence-electron chi connectivity index (χ0n) is 11.5. The summed E-state index contributed by atoms with van der Waals surface area (Å²) in [7, 11) is 0. The number of hydrogen-bond donors (Lipinski definition) is 2. The van der Waals surface area contributed by atoms with Crippen molar-refractivity contribution in [1.82, 2.24) is 10.2 Å². The molecule has 2 N–H and O–H groups in total. The van der Waals surface area contributed by atoms with Gasteiger partial charge in [0.25, 0.3) is 0 Å². The lowest BCUT2D eigenvalue weighted by molar-refractivity contribution is -0.134. The van der Waals surface area contributed by atoms with Crippen LogP contribution in [0, 0.1) is 5.92 Å². The summed E-state index contributed by atoms with van der Waals surface area (Å²) in [6.45, 7) is 6.74. The number of aliphatic hydroxyl groups is 1. The van der Waals surface area contributed by atoms with Crippen molar-refractivity contribution in [3.05, 3.63) is 0 Å². The summed E-state index contributed by atoms with van der Waals surface area (Å²) in [6.07, 6.45) is 2.02. The molecule has 104 valence electrons. The number of carbonyl (C=O) groups is 2. The molecule has 1 aliphatic heterocycles. The molecule has 0 aromatic carbocycles. The van der Waals surface area contributed by atoms with Gasteiger partial charge in [0.15, 0.2) is 0 Å². The van der Waals surface area contributed by atoms with Gasteiger partial charge >= 0.3 is 0 Å². The van der Waals surface area contributed by atoms with Crippen molar-refractivity contribution in [2.75, 3.05) is 19.6 Å². The van der Waals surface area contributed by atoms with Gasteiger partial charge in [0, 0.05) is 32.5 Å². The van der Waals surface area contributed by atoms with Crippen molar-refractivity contribution in [1.29, 1.82) is 0 Å². The maximum Gasteiger partial charge on any atom is 0.223 e. The number of amides is 2. The van der Waals surface area contributed by atoms with Crippen molar-refractivity contribution < 1.29 is 14.7 Å². The number of nitrogens with one attached hydrogen (secondary N) is 1. The molecule has 5 nitrogen and oxygen atoms in total. The molecule has 1 atom stereocenters. The Bertz CT molecular complexity index is 307. The van der Waals surface area contributed by atoms with E-state index in [1.807, 2.05) is 6.92 Å². The lowest BCUT2D eigenvalue weighted by atomic mass is 9.95. The van der Waals surface area contributed by atoms with Gasteiger partial charge < -0.3 is 15.3 Å². The Morgan fingerprint density at radius 2 is 1.94 bits per heavy atom. The van der Waals surface area contributed by atoms with E-state index in [0.717, 1.165) is 0 Å². The van der Waals surface area contributed by atoms with Crippen LogP contribution in [0.25, 0.3) is 0 Å². The number of piperidine rings is 1. The first-order valence-corrected chi connectivity index (χ1v) is 6.61. The summed E-state index contributed by atoms with van der Waals surface area (Å²) >= 11 is 0. The van der Waals surface area contributed by atoms with E-state index < -0.39 is 5.60 Å². The third-order valence-corrected chi connectivity index (χ3v) is 3.72. The molecular formula is C13H24N2O3. The van der Waals surface area contributed by atoms with Crippen LogP contribution in [0.5, 0.6) is 0 Å². The molecule has 2 amide bonds. The van der Waals surface area contributed by atoms with Gasteiger partial charge in [-0.3, -0.25) is 9.59 Å². The smallest absolute Gasteiger partial charge is 0.223 e. The first-order chi connectivity index (χ1) is 8.35. The predicted octanol–water partition coefficient (Wildman–Crippen LogP) is 0.522. The molecule has 0 bridgehead atoms. The van der Waals surface area contributed by atoms with Gasteiger partial charge in [-0.15, -0.1) is 0 Å². The van der Waals surface area contributed by atoms with Gasteiger partial charge in [0.05, 0.1) is 5.60 Å². The molecule has 0 saturated carbocycles. The van der Waals surface area contributed by atoms with E-state index in [4.69, 9.17) is 0 Å². The highest BCUT2D eigenvalue weighted by atomic mass is 16.3. The fourth-order valence-electron chi connectivity index (χ4n) is 2.00. The van der Waals surface area contributed by atoms with E-state index in [9.17, 15) is 14.7 Å². The van der Waals surface area contributed by atoms with Crippen LogP contribution in [0.2, 0.25) is 0 Å². The third kappa shape index (κ3) is 4.29. The van der Waals surface area contributed by atoms with Crippen LogP contribution in [0.15, 0.2) is 0 Å². The van der Waals surface area contributed by atoms with E-state index >= 15 is 0 Å². The van der Waals surface area contributed by atoms with Crippen LogP contribution in [0.1, 0.15) is 40.0 Å². The normalized spacial score (nSPS) is 20.3. The SMILES string of the molecule is CCC(C)(O)CNC(=O)C1CCN(C(C)=O)CC1. The lowest BCUT2D eigenvalue weighted by Crippen LogP contribution is -2.46. The molecular weight excluding hydrogens is 232 g/mol. The molecule has 0 aromatic rings. The molecule has 1 unspecified atom stereocenters. The fourth-order valence-corrected chi connectivity index (χ4v) is 2.00. The molecule has 1 rings (SSSR count). The van der Waals surface area contributed by atoms with Gasteiger partial charge in [0.1, 0.15) is 0 Å². The Kier molecular flexibility index (Phi) is 5.14. The van der Waals surface area contributed by atoms with Crippen LogP contribution in [-0.4, -0.2) is 47.1 Å². The molecule has 1 saturated heterocycles. The summed E-state index contributed by atoms with van der Waals surface area (Å²) in [6, 6.07) is 0. The molecule has 0 spiro atoms. The lowest BCUT2D eigenvalue weighted by Gasteiger charge is -2.31. The summed E-state index contributed by atoms with van der Waals surface area (Å²) in [5.74, 6) is 0.0305. The summed E-state index contributed by atoms with van der Waals surface area (Å²) in [5, 5.41) is 12.6. The van der Waals surface area contributed by atoms with E-state index in [-0.39, 0.29) is 24.3 Å². The first-order valence-electron chi connectivity index (χ1n) is 6.61. The molecule has 18 heavy (non-hydrogen) atoms. The number of likely N-dealkylation sites (tertiary alicyclic amines) is 1. The zero-order chi connectivity index (χ0) is 13.8. The average Bonchev–Trinajstić information content (AvgIpc) is 2.36. The van der Waals surface area contributed by atoms with Crippen LogP contribution >= 0.6 is 0 Å². The van der Waals surface area contributed by atoms with Crippen molar-refractivity contribution in [3.63, 3.8) is 0 Å². The minimum Gasteiger partial charge on any atom is -0.388 e. The maximum atomic E-state index is 11.9. The first kappa shape index (κ1) is 15.0. The molecule has 1 heterocycles. The van der Waals surface area contributed by atoms with Crippen molar-refractivity contribution >= 4 is 11.8 Å². The number of hydrogen-bond acceptors (Lipinski definition) is 3. The van der Waals surface area contributed by atoms with Crippen LogP contribution in [-0.2, 0) is 9.59 Å². The van der Waals surface area contributed by atoms with Gasteiger partial charge in [-0.1, -0.05) is 6.92 Å². The monoisotopic (exact) mass is 256 g/mol. The largest absolute Gasteiger partial charge is 0.388 e. The second-order valence-electron chi connectivity index (χ2n) is 5.35. The topological polar surface area (TPSA) is 69.6 Å². The Hall–Kier alpha value is -1.10. The summed E-state index contributed by atoms with van der Waals surface area (Å²) in [4.78, 5) is 24.8. The molecule has 0 aliphatic carbocycles. The van der Waals surface area contributed by atoms with Gasteiger partial charge in [0.2, 0.25) is 11.8 Å². The van der Waals surface area contributed by atoms with E-state index in [1.54, 1.807) is 18.7 Å². The van der Waals surface area contributed by atoms with E-state index in [1.165, 1.54) is 0 Å². The van der Waals surface area contributed by atoms with E-state index in [0.29, 0.717) is 32.4 Å². The minimum absolute atomic E-state index is 0.00747. The summed E-state index contributed by atoms with van der Waals surface area (Å²) in [5.41, 5.74) is -0.838. The molecule has 0 radical (unpaired) electrons. The van der Waals surface area contributed by atoms with Crippen LogP contribution < -0.4 is 5.32 Å². The maximum absolute atomic E-state index is 11.9. The van der Waals surface area contributed by atoms with Gasteiger partial charge in [-0.25, -0.2) is 0 Å². The number of carbonyl (C=O) groups excluding carboxylic acids is 2. The second kappa shape index (κ2) is 6.18. The highest BCUT2D eigenvalue weighted by molar-refractivity contribution is 5.79. The Labute approximate surface area is 109 Å². The van der Waals surface area contributed by atoms with Crippen molar-refractivity contribution in [3.8, 4) is 0 Å². The Morgan fingerprint density at radius 3 is 2.39 bits per heavy atom. The highest BCUT2D eigenvalue weighted by Gasteiger charge is 2.27. The van der Waals surface area contributed by atoms with Crippen LogP contribution in [0.3, 0.4) is 0 Å². The quantitative estimate of drug-likeness (QED) is 0.770. The Balaban J connectivity index is 2.34. The molecule has 0 aromatic heterocycles. The van der Waals surface area contributed by atoms with Crippen LogP contribution in [0.4, 0.5) is 0 Å². The van der Waals surface area contributed by atoms with Crippen molar-refractivity contribution in [2.24, 2.45) is 5.92 Å². The van der Waals surface area contributed by atoms with Gasteiger partial charge in [-0.05, 0) is 26.2 Å². The number of rotatable bonds is 4. The number of nitrogens with zero attached hydrogens (tertiary/aromatic N) is 1. The average molecular weight is 256 g/mol. The standard InChI is InChI=1S/C13H24N2O3/c1-4-13(3,18)9-14-12(17)11-5-7-15(8-6-11)10(2)16/h11,18H,4-9H2,1-3H3,(H,14,17). The Morgan fingerprint density at radius 1 is 1.39 bits per heavy atom. The second-order valence-corrected chi connectivity index (χ2v) is 5.35. The zero-order valence-corrected chi connectivity index (χ0v) is 11.5. The van der Waals surface area contributed by atoms with Crippen molar-refractivity contribution in [2.45, 2.75) is 45.6 Å². The molecule has 1 fully saturated rings. The van der Waals surface area contributed by atoms with Gasteiger partial charge in [-0.2, -0.15) is 0 Å². The minimum atomic E-state index is -0.838. The fraction of sp³-hybridized carbons (Fsp3) is 0.846. The summed E-state index contributed by atoms with van der Waals surface area (Å²) < 4.78 is 0. The third-order valence-electron chi connectivity index (χ3n) is 3.72.